The molecule has 0 unspecified atom stereocenters. The third-order valence-electron chi connectivity index (χ3n) is 3.83. The summed E-state index contributed by atoms with van der Waals surface area (Å²) in [7, 11) is 3.23. The lowest BCUT2D eigenvalue weighted by atomic mass is 10.1. The molecule has 2 rings (SSSR count). The molecule has 0 aromatic heterocycles. The second-order valence-corrected chi connectivity index (χ2v) is 5.65. The molecular weight excluding hydrogens is 333 g/mol. The molecule has 0 aliphatic rings. The molecular formula is C20H26FN3O2. The first-order chi connectivity index (χ1) is 12.7. The van der Waals surface area contributed by atoms with Crippen LogP contribution in [-0.2, 0) is 13.0 Å². The average Bonchev–Trinajstić information content (AvgIpc) is 2.65. The van der Waals surface area contributed by atoms with Crippen molar-refractivity contribution in [3.63, 3.8) is 0 Å². The fourth-order valence-electron chi connectivity index (χ4n) is 2.60. The zero-order chi connectivity index (χ0) is 18.8. The van der Waals surface area contributed by atoms with E-state index in [1.54, 1.807) is 26.4 Å². The lowest BCUT2D eigenvalue weighted by Gasteiger charge is -2.13. The Balaban J connectivity index is 2.00. The zero-order valence-corrected chi connectivity index (χ0v) is 15.5. The largest absolute Gasteiger partial charge is 0.493 e. The summed E-state index contributed by atoms with van der Waals surface area (Å²) in [4.78, 5) is 4.60. The second kappa shape index (κ2) is 10.3. The number of ether oxygens (including phenoxy) is 2. The monoisotopic (exact) mass is 359 g/mol. The van der Waals surface area contributed by atoms with Gasteiger partial charge >= 0.3 is 0 Å². The van der Waals surface area contributed by atoms with E-state index in [1.807, 2.05) is 31.2 Å². The third kappa shape index (κ3) is 5.65. The van der Waals surface area contributed by atoms with Crippen LogP contribution >= 0.6 is 0 Å². The molecule has 0 saturated carbocycles. The molecule has 0 aliphatic heterocycles. The number of halogens is 1. The van der Waals surface area contributed by atoms with E-state index in [1.165, 1.54) is 6.07 Å². The summed E-state index contributed by atoms with van der Waals surface area (Å²) in [5.41, 5.74) is 1.89. The predicted molar refractivity (Wildman–Crippen MR) is 102 cm³/mol. The number of hydrogen-bond donors (Lipinski definition) is 2. The lowest BCUT2D eigenvalue weighted by molar-refractivity contribution is 0.352. The predicted octanol–water partition coefficient (Wildman–Crippen LogP) is 3.14. The number of hydrogen-bond acceptors (Lipinski definition) is 3. The van der Waals surface area contributed by atoms with Crippen molar-refractivity contribution >= 4 is 5.96 Å². The summed E-state index contributed by atoms with van der Waals surface area (Å²) < 4.78 is 24.0. The maximum Gasteiger partial charge on any atom is 0.191 e. The van der Waals surface area contributed by atoms with Crippen molar-refractivity contribution in [3.8, 4) is 11.5 Å². The van der Waals surface area contributed by atoms with Gasteiger partial charge in [-0.15, -0.1) is 0 Å². The summed E-state index contributed by atoms with van der Waals surface area (Å²) in [5.74, 6) is 1.86. The number of nitrogens with one attached hydrogen (secondary N) is 2. The van der Waals surface area contributed by atoms with Crippen LogP contribution in [0, 0.1) is 5.82 Å². The minimum atomic E-state index is -0.215. The Labute approximate surface area is 154 Å². The summed E-state index contributed by atoms with van der Waals surface area (Å²) in [5, 5.41) is 6.48. The first-order valence-electron chi connectivity index (χ1n) is 8.64. The number of benzene rings is 2. The van der Waals surface area contributed by atoms with Crippen LogP contribution in [0.4, 0.5) is 4.39 Å². The van der Waals surface area contributed by atoms with Gasteiger partial charge in [-0.1, -0.05) is 24.3 Å². The number of para-hydroxylation sites is 1. The van der Waals surface area contributed by atoms with Crippen molar-refractivity contribution in [1.82, 2.24) is 10.6 Å². The molecule has 6 heteroatoms. The third-order valence-corrected chi connectivity index (χ3v) is 3.83. The number of nitrogens with zero attached hydrogens (tertiary/aromatic N) is 1. The number of aliphatic imine (C=N–C) groups is 1. The molecule has 2 aromatic carbocycles. The van der Waals surface area contributed by atoms with Gasteiger partial charge in [0.15, 0.2) is 17.5 Å². The van der Waals surface area contributed by atoms with Gasteiger partial charge in [-0.25, -0.2) is 9.38 Å². The average molecular weight is 359 g/mol. The van der Waals surface area contributed by atoms with Crippen LogP contribution in [0.25, 0.3) is 0 Å². The van der Waals surface area contributed by atoms with Gasteiger partial charge in [-0.3, -0.25) is 0 Å². The molecule has 26 heavy (non-hydrogen) atoms. The summed E-state index contributed by atoms with van der Waals surface area (Å²) >= 11 is 0. The van der Waals surface area contributed by atoms with Gasteiger partial charge < -0.3 is 20.1 Å². The van der Waals surface area contributed by atoms with E-state index in [9.17, 15) is 4.39 Å². The van der Waals surface area contributed by atoms with Crippen molar-refractivity contribution in [2.45, 2.75) is 19.9 Å². The van der Waals surface area contributed by atoms with Crippen LogP contribution < -0.4 is 20.1 Å². The molecule has 0 fully saturated rings. The minimum Gasteiger partial charge on any atom is -0.493 e. The lowest BCUT2D eigenvalue weighted by Crippen LogP contribution is -2.38. The van der Waals surface area contributed by atoms with Crippen LogP contribution in [0.3, 0.4) is 0 Å². The molecule has 0 amide bonds. The van der Waals surface area contributed by atoms with Gasteiger partial charge in [-0.2, -0.15) is 0 Å². The van der Waals surface area contributed by atoms with Crippen LogP contribution in [0.1, 0.15) is 18.1 Å². The van der Waals surface area contributed by atoms with E-state index in [4.69, 9.17) is 9.47 Å². The van der Waals surface area contributed by atoms with Gasteiger partial charge in [0.2, 0.25) is 0 Å². The molecule has 0 bridgehead atoms. The van der Waals surface area contributed by atoms with Gasteiger partial charge in [0.1, 0.15) is 5.82 Å². The maximum atomic E-state index is 13.2. The smallest absolute Gasteiger partial charge is 0.191 e. The minimum absolute atomic E-state index is 0.215. The van der Waals surface area contributed by atoms with Gasteiger partial charge in [0.25, 0.3) is 0 Å². The highest BCUT2D eigenvalue weighted by atomic mass is 19.1. The molecule has 2 N–H and O–H groups in total. The molecule has 0 radical (unpaired) electrons. The quantitative estimate of drug-likeness (QED) is 0.562. The molecule has 5 nitrogen and oxygen atoms in total. The van der Waals surface area contributed by atoms with E-state index < -0.39 is 0 Å². The Morgan fingerprint density at radius 1 is 1.08 bits per heavy atom. The Morgan fingerprint density at radius 3 is 2.58 bits per heavy atom. The SMILES string of the molecule is CCNC(=NCc1cccc(OC)c1OC)NCCc1cccc(F)c1. The Hall–Kier alpha value is -2.76. The molecule has 0 heterocycles. The fraction of sp³-hybridized carbons (Fsp3) is 0.350. The zero-order valence-electron chi connectivity index (χ0n) is 15.5. The molecule has 140 valence electrons. The van der Waals surface area contributed by atoms with Crippen molar-refractivity contribution < 1.29 is 13.9 Å². The molecule has 0 aliphatic carbocycles. The van der Waals surface area contributed by atoms with Crippen LogP contribution in [0.2, 0.25) is 0 Å². The van der Waals surface area contributed by atoms with Crippen LogP contribution in [0.15, 0.2) is 47.5 Å². The van der Waals surface area contributed by atoms with Crippen molar-refractivity contribution in [3.05, 3.63) is 59.4 Å². The fourth-order valence-corrected chi connectivity index (χ4v) is 2.60. The summed E-state index contributed by atoms with van der Waals surface area (Å²) in [6, 6.07) is 12.4. The van der Waals surface area contributed by atoms with Gasteiger partial charge in [0, 0.05) is 18.7 Å². The second-order valence-electron chi connectivity index (χ2n) is 5.65. The van der Waals surface area contributed by atoms with Crippen LogP contribution in [0.5, 0.6) is 11.5 Å². The van der Waals surface area contributed by atoms with Gasteiger partial charge in [-0.05, 0) is 37.1 Å². The standard InChI is InChI=1S/C20H26FN3O2/c1-4-22-20(23-12-11-15-7-5-9-17(21)13-15)24-14-16-8-6-10-18(25-2)19(16)26-3/h5-10,13H,4,11-12,14H2,1-3H3,(H2,22,23,24). The first-order valence-corrected chi connectivity index (χ1v) is 8.64. The van der Waals surface area contributed by atoms with E-state index in [0.717, 1.165) is 17.7 Å². The maximum absolute atomic E-state index is 13.2. The molecule has 2 aromatic rings. The van der Waals surface area contributed by atoms with Crippen molar-refractivity contribution in [2.24, 2.45) is 4.99 Å². The molecule has 0 spiro atoms. The normalized spacial score (nSPS) is 11.2. The highest BCUT2D eigenvalue weighted by Crippen LogP contribution is 2.30. The Kier molecular flexibility index (Phi) is 7.74. The topological polar surface area (TPSA) is 54.9 Å². The number of rotatable bonds is 8. The van der Waals surface area contributed by atoms with E-state index in [2.05, 4.69) is 15.6 Å². The Morgan fingerprint density at radius 2 is 1.88 bits per heavy atom. The summed E-state index contributed by atoms with van der Waals surface area (Å²) in [6.07, 6.45) is 0.713. The summed E-state index contributed by atoms with van der Waals surface area (Å²) in [6.45, 7) is 3.87. The van der Waals surface area contributed by atoms with E-state index in [0.29, 0.717) is 37.0 Å². The highest BCUT2D eigenvalue weighted by Gasteiger charge is 2.09. The highest BCUT2D eigenvalue weighted by molar-refractivity contribution is 5.79. The molecule has 0 atom stereocenters. The van der Waals surface area contributed by atoms with E-state index in [-0.39, 0.29) is 5.82 Å². The number of methoxy groups -OCH3 is 2. The molecule has 0 saturated heterocycles. The van der Waals surface area contributed by atoms with E-state index >= 15 is 0 Å². The van der Waals surface area contributed by atoms with Gasteiger partial charge in [0.05, 0.1) is 20.8 Å². The first kappa shape index (κ1) is 19.6. The van der Waals surface area contributed by atoms with Crippen LogP contribution in [-0.4, -0.2) is 33.3 Å². The Bertz CT molecular complexity index is 735. The van der Waals surface area contributed by atoms with Crippen molar-refractivity contribution in [1.29, 1.82) is 0 Å². The van der Waals surface area contributed by atoms with Crippen molar-refractivity contribution in [2.75, 3.05) is 27.3 Å². The number of guanidine groups is 1.